The van der Waals surface area contributed by atoms with Gasteiger partial charge in [0.05, 0.1) is 34.0 Å². The van der Waals surface area contributed by atoms with Crippen LogP contribution in [0.3, 0.4) is 0 Å². The summed E-state index contributed by atoms with van der Waals surface area (Å²) >= 11 is 0. The summed E-state index contributed by atoms with van der Waals surface area (Å²) in [5.41, 5.74) is 0. The van der Waals surface area contributed by atoms with E-state index in [0.29, 0.717) is 17.4 Å². The minimum Gasteiger partial charge on any atom is -0.756 e. The fraction of sp³-hybridized carbons (Fsp3) is 0.696. The van der Waals surface area contributed by atoms with Crippen LogP contribution in [-0.4, -0.2) is 69.8 Å². The summed E-state index contributed by atoms with van der Waals surface area (Å²) in [6, 6.07) is 0. The van der Waals surface area contributed by atoms with Gasteiger partial charge in [-0.15, -0.1) is 0 Å². The molecule has 1 unspecified atom stereocenters. The van der Waals surface area contributed by atoms with Crippen molar-refractivity contribution in [2.45, 2.75) is 161 Å². The Morgan fingerprint density at radius 3 is 1.80 bits per heavy atom. The largest absolute Gasteiger partial charge is 0.756 e. The van der Waals surface area contributed by atoms with E-state index in [1.54, 1.807) is 6.08 Å². The molecule has 0 saturated carbocycles. The maximum Gasteiger partial charge on any atom is 0.305 e. The second kappa shape index (κ2) is 38.0. The number of carbonyl (C=O) groups excluding carboxylic acids is 2. The first kappa shape index (κ1) is 53.5. The van der Waals surface area contributed by atoms with Crippen molar-refractivity contribution in [1.82, 2.24) is 0 Å². The first-order chi connectivity index (χ1) is 27.0. The van der Waals surface area contributed by atoms with Crippen molar-refractivity contribution in [3.8, 4) is 0 Å². The van der Waals surface area contributed by atoms with Gasteiger partial charge in [0, 0.05) is 12.8 Å². The number of quaternary nitrogens is 1. The number of ether oxygens (including phenoxy) is 2. The highest BCUT2D eigenvalue weighted by Crippen LogP contribution is 2.38. The number of phosphoric ester groups is 1. The SMILES string of the molecule is CCCCC/C=C\C/C=C\C/C=C\C=C\C(=O)CCCC(=O)OC[C@H](COP(=O)([O-])OCC[N+](C)(C)C)O/C=C/CCCCCCCC/C=C\CCCCCC. The number of phosphoric acid groups is 1. The summed E-state index contributed by atoms with van der Waals surface area (Å²) in [4.78, 5) is 37.0. The van der Waals surface area contributed by atoms with E-state index in [1.807, 2.05) is 39.4 Å². The Bertz CT molecular complexity index is 1180. The molecule has 0 amide bonds. The van der Waals surface area contributed by atoms with Crippen molar-refractivity contribution in [3.05, 3.63) is 73.1 Å². The van der Waals surface area contributed by atoms with Crippen molar-refractivity contribution in [1.29, 1.82) is 0 Å². The average molecular weight is 806 g/mol. The van der Waals surface area contributed by atoms with E-state index >= 15 is 0 Å². The number of likely N-dealkylation sites (N-methyl/N-ethyl adjacent to an activating group) is 1. The Morgan fingerprint density at radius 1 is 0.625 bits per heavy atom. The Kier molecular flexibility index (Phi) is 36.3. The molecule has 0 heterocycles. The zero-order valence-electron chi connectivity index (χ0n) is 36.1. The van der Waals surface area contributed by atoms with Crippen LogP contribution in [0.5, 0.6) is 0 Å². The molecule has 0 spiro atoms. The number of carbonyl (C=O) groups is 2. The molecular formula is C46H80NO8P. The smallest absolute Gasteiger partial charge is 0.305 e. The molecule has 56 heavy (non-hydrogen) atoms. The first-order valence-corrected chi connectivity index (χ1v) is 23.1. The van der Waals surface area contributed by atoms with Gasteiger partial charge in [0.2, 0.25) is 0 Å². The van der Waals surface area contributed by atoms with E-state index in [4.69, 9.17) is 18.5 Å². The fourth-order valence-electron chi connectivity index (χ4n) is 5.30. The van der Waals surface area contributed by atoms with Crippen LogP contribution >= 0.6 is 7.82 Å². The molecule has 0 aromatic rings. The molecule has 0 aliphatic heterocycles. The summed E-state index contributed by atoms with van der Waals surface area (Å²) in [7, 11) is 1.22. The molecule has 9 nitrogen and oxygen atoms in total. The molecule has 0 fully saturated rings. The zero-order valence-corrected chi connectivity index (χ0v) is 36.9. The molecule has 0 saturated heterocycles. The molecule has 0 aliphatic carbocycles. The minimum atomic E-state index is -4.58. The quantitative estimate of drug-likeness (QED) is 0.00882. The summed E-state index contributed by atoms with van der Waals surface area (Å²) < 4.78 is 34.1. The third-order valence-electron chi connectivity index (χ3n) is 8.80. The van der Waals surface area contributed by atoms with Crippen molar-refractivity contribution in [2.75, 3.05) is 47.5 Å². The van der Waals surface area contributed by atoms with Crippen LogP contribution in [0.4, 0.5) is 0 Å². The molecule has 0 N–H and O–H groups in total. The Balaban J connectivity index is 4.52. The van der Waals surface area contributed by atoms with E-state index in [9.17, 15) is 19.0 Å². The third-order valence-corrected chi connectivity index (χ3v) is 9.76. The highest BCUT2D eigenvalue weighted by molar-refractivity contribution is 7.45. The van der Waals surface area contributed by atoms with Crippen LogP contribution < -0.4 is 4.89 Å². The van der Waals surface area contributed by atoms with Crippen LogP contribution in [0.1, 0.15) is 155 Å². The number of hydrogen-bond acceptors (Lipinski definition) is 8. The van der Waals surface area contributed by atoms with E-state index in [2.05, 4.69) is 50.3 Å². The fourth-order valence-corrected chi connectivity index (χ4v) is 6.03. The number of hydrogen-bond donors (Lipinski definition) is 0. The van der Waals surface area contributed by atoms with E-state index in [0.717, 1.165) is 38.5 Å². The summed E-state index contributed by atoms with van der Waals surface area (Å²) in [5.74, 6) is -0.566. The lowest BCUT2D eigenvalue weighted by Crippen LogP contribution is -2.37. The molecule has 0 aliphatic rings. The van der Waals surface area contributed by atoms with Gasteiger partial charge in [0.25, 0.3) is 7.82 Å². The van der Waals surface area contributed by atoms with E-state index in [-0.39, 0.29) is 38.4 Å². The lowest BCUT2D eigenvalue weighted by Gasteiger charge is -2.28. The maximum atomic E-state index is 12.5. The van der Waals surface area contributed by atoms with Crippen LogP contribution in [0.15, 0.2) is 73.1 Å². The van der Waals surface area contributed by atoms with Crippen molar-refractivity contribution in [3.63, 3.8) is 0 Å². The highest BCUT2D eigenvalue weighted by Gasteiger charge is 2.19. The van der Waals surface area contributed by atoms with Crippen LogP contribution in [0.2, 0.25) is 0 Å². The number of nitrogens with zero attached hydrogens (tertiary/aromatic N) is 1. The van der Waals surface area contributed by atoms with Gasteiger partial charge in [0.15, 0.2) is 11.9 Å². The van der Waals surface area contributed by atoms with E-state index in [1.165, 1.54) is 95.8 Å². The second-order valence-corrected chi connectivity index (χ2v) is 16.9. The van der Waals surface area contributed by atoms with Crippen LogP contribution in [0, 0.1) is 0 Å². The molecule has 2 atom stereocenters. The lowest BCUT2D eigenvalue weighted by atomic mass is 10.1. The van der Waals surface area contributed by atoms with Gasteiger partial charge >= 0.3 is 5.97 Å². The summed E-state index contributed by atoms with van der Waals surface area (Å²) in [6.45, 7) is 4.36. The molecule has 0 rings (SSSR count). The minimum absolute atomic E-state index is 0.0141. The maximum absolute atomic E-state index is 12.5. The predicted octanol–water partition coefficient (Wildman–Crippen LogP) is 11.6. The molecule has 0 aromatic carbocycles. The normalized spacial score (nSPS) is 14.3. The Hall–Kier alpha value is -2.55. The topological polar surface area (TPSA) is 111 Å². The van der Waals surface area contributed by atoms with Gasteiger partial charge in [-0.3, -0.25) is 14.2 Å². The van der Waals surface area contributed by atoms with Gasteiger partial charge in [0.1, 0.15) is 19.8 Å². The van der Waals surface area contributed by atoms with Crippen molar-refractivity contribution < 1.29 is 42.1 Å². The number of ketones is 1. The summed E-state index contributed by atoms with van der Waals surface area (Å²) in [5, 5.41) is 0. The van der Waals surface area contributed by atoms with Gasteiger partial charge in [-0.05, 0) is 82.8 Å². The lowest BCUT2D eigenvalue weighted by molar-refractivity contribution is -0.870. The van der Waals surface area contributed by atoms with Crippen LogP contribution in [-0.2, 0) is 32.7 Å². The number of rotatable bonds is 39. The number of allylic oxidation sites excluding steroid dienone is 11. The highest BCUT2D eigenvalue weighted by atomic mass is 31.2. The van der Waals surface area contributed by atoms with Gasteiger partial charge in [-0.1, -0.05) is 126 Å². The van der Waals surface area contributed by atoms with Gasteiger partial charge in [-0.25, -0.2) is 0 Å². The molecular weight excluding hydrogens is 725 g/mol. The zero-order chi connectivity index (χ0) is 41.4. The van der Waals surface area contributed by atoms with Crippen molar-refractivity contribution in [2.24, 2.45) is 0 Å². The average Bonchev–Trinajstić information content (AvgIpc) is 3.14. The first-order valence-electron chi connectivity index (χ1n) is 21.7. The molecule has 0 bridgehead atoms. The van der Waals surface area contributed by atoms with E-state index < -0.39 is 19.9 Å². The Morgan fingerprint density at radius 2 is 1.16 bits per heavy atom. The van der Waals surface area contributed by atoms with Crippen LogP contribution in [0.25, 0.3) is 0 Å². The monoisotopic (exact) mass is 806 g/mol. The number of esters is 1. The molecule has 0 aromatic heterocycles. The molecule has 322 valence electrons. The predicted molar refractivity (Wildman–Crippen MR) is 231 cm³/mol. The third kappa shape index (κ3) is 41.1. The van der Waals surface area contributed by atoms with Crippen molar-refractivity contribution >= 4 is 19.6 Å². The van der Waals surface area contributed by atoms with Gasteiger partial charge in [-0.2, -0.15) is 0 Å². The number of unbranched alkanes of at least 4 members (excludes halogenated alkanes) is 14. The van der Waals surface area contributed by atoms with Gasteiger partial charge < -0.3 is 27.9 Å². The standard InChI is InChI=1S/C46H80NO8P/c1-6-8-10-12-14-16-18-20-21-22-24-26-28-30-32-34-40-52-45(43-55-56(50,51)54-41-39-47(3,4)5)42-53-46(49)38-35-37-44(48)36-33-31-29-27-25-23-19-17-15-13-11-9-7-2/h15-18,23,25,29,31,33-34,36,40,45H,6-14,19-22,24,26-28,30,32,35,37-39,41-43H2,1-5H3/b17-15-,18-16-,25-23-,31-29-,36-33+,40-34+/t45-/m1/s1. The summed E-state index contributed by atoms with van der Waals surface area (Å²) in [6.07, 6.45) is 45.8. The second-order valence-electron chi connectivity index (χ2n) is 15.4. The molecule has 0 radical (unpaired) electrons. The Labute approximate surface area is 342 Å². The molecule has 10 heteroatoms.